The highest BCUT2D eigenvalue weighted by Crippen LogP contribution is 2.35. The zero-order valence-corrected chi connectivity index (χ0v) is 14.3. The second-order valence-corrected chi connectivity index (χ2v) is 6.32. The van der Waals surface area contributed by atoms with E-state index in [1.165, 1.54) is 0 Å². The van der Waals surface area contributed by atoms with Gasteiger partial charge in [-0.25, -0.2) is 4.79 Å². The average molecular weight is 335 g/mol. The zero-order valence-electron chi connectivity index (χ0n) is 14.3. The number of carbonyl (C=O) groups is 1. The van der Waals surface area contributed by atoms with Crippen molar-refractivity contribution in [2.24, 2.45) is 0 Å². The van der Waals surface area contributed by atoms with E-state index >= 15 is 0 Å². The first-order valence-corrected chi connectivity index (χ1v) is 8.37. The van der Waals surface area contributed by atoms with E-state index in [0.717, 1.165) is 16.9 Å². The van der Waals surface area contributed by atoms with E-state index in [9.17, 15) is 4.79 Å². The van der Waals surface area contributed by atoms with E-state index in [4.69, 9.17) is 10.00 Å². The molecule has 3 unspecified atom stereocenters. The molecule has 0 radical (unpaired) electrons. The molecule has 128 valence electrons. The second-order valence-electron chi connectivity index (χ2n) is 6.32. The van der Waals surface area contributed by atoms with Crippen molar-refractivity contribution in [1.82, 2.24) is 10.6 Å². The van der Waals surface area contributed by atoms with Gasteiger partial charge in [-0.05, 0) is 37.6 Å². The summed E-state index contributed by atoms with van der Waals surface area (Å²) in [5.74, 6) is 1.04. The van der Waals surface area contributed by atoms with Gasteiger partial charge in [0.15, 0.2) is 0 Å². The highest BCUT2D eigenvalue weighted by atomic mass is 16.5. The van der Waals surface area contributed by atoms with Gasteiger partial charge in [0.05, 0.1) is 24.3 Å². The standard InChI is InChI=1S/C20H21N3O2/c1-13(16-9-7-15(11-21)8-10-16)22-20(24)23-14(2)18-12-25-19-6-4-3-5-17(18)19/h3-10,13-14,18H,12H2,1-2H3,(H2,22,23,24). The van der Waals surface area contributed by atoms with Crippen LogP contribution in [-0.4, -0.2) is 18.7 Å². The van der Waals surface area contributed by atoms with E-state index in [2.05, 4.69) is 16.7 Å². The summed E-state index contributed by atoms with van der Waals surface area (Å²) in [6.45, 7) is 4.48. The molecule has 25 heavy (non-hydrogen) atoms. The molecule has 2 aromatic rings. The lowest BCUT2D eigenvalue weighted by Gasteiger charge is -2.22. The third kappa shape index (κ3) is 3.74. The maximum absolute atomic E-state index is 12.3. The molecule has 1 aliphatic rings. The van der Waals surface area contributed by atoms with Crippen LogP contribution in [-0.2, 0) is 0 Å². The largest absolute Gasteiger partial charge is 0.493 e. The molecule has 5 nitrogen and oxygen atoms in total. The van der Waals surface area contributed by atoms with E-state index in [-0.39, 0.29) is 24.0 Å². The molecule has 0 aliphatic carbocycles. The molecule has 2 N–H and O–H groups in total. The topological polar surface area (TPSA) is 74.2 Å². The van der Waals surface area contributed by atoms with Gasteiger partial charge < -0.3 is 15.4 Å². The van der Waals surface area contributed by atoms with Crippen molar-refractivity contribution in [3.8, 4) is 11.8 Å². The summed E-state index contributed by atoms with van der Waals surface area (Å²) in [5.41, 5.74) is 2.70. The molecule has 3 rings (SSSR count). The first-order valence-electron chi connectivity index (χ1n) is 8.37. The minimum absolute atomic E-state index is 0.0446. The number of urea groups is 1. The van der Waals surface area contributed by atoms with Gasteiger partial charge >= 0.3 is 6.03 Å². The lowest BCUT2D eigenvalue weighted by atomic mass is 9.94. The van der Waals surface area contributed by atoms with E-state index in [0.29, 0.717) is 12.2 Å². The van der Waals surface area contributed by atoms with Crippen LogP contribution in [0.15, 0.2) is 48.5 Å². The summed E-state index contributed by atoms with van der Waals surface area (Å²) < 4.78 is 5.69. The molecule has 1 heterocycles. The number of nitrogens with one attached hydrogen (secondary N) is 2. The van der Waals surface area contributed by atoms with E-state index < -0.39 is 0 Å². The number of benzene rings is 2. The summed E-state index contributed by atoms with van der Waals surface area (Å²) in [4.78, 5) is 12.3. The van der Waals surface area contributed by atoms with Crippen molar-refractivity contribution < 1.29 is 9.53 Å². The van der Waals surface area contributed by atoms with Crippen LogP contribution >= 0.6 is 0 Å². The number of hydrogen-bond donors (Lipinski definition) is 2. The number of carbonyl (C=O) groups excluding carboxylic acids is 1. The number of ether oxygens (including phenoxy) is 1. The predicted molar refractivity (Wildman–Crippen MR) is 95.4 cm³/mol. The van der Waals surface area contributed by atoms with Crippen LogP contribution in [0.2, 0.25) is 0 Å². The summed E-state index contributed by atoms with van der Waals surface area (Å²) >= 11 is 0. The van der Waals surface area contributed by atoms with Gasteiger partial charge in [-0.2, -0.15) is 5.26 Å². The van der Waals surface area contributed by atoms with Gasteiger partial charge in [0, 0.05) is 17.5 Å². The lowest BCUT2D eigenvalue weighted by Crippen LogP contribution is -2.44. The van der Waals surface area contributed by atoms with E-state index in [1.54, 1.807) is 12.1 Å². The monoisotopic (exact) mass is 335 g/mol. The molecule has 0 fully saturated rings. The fourth-order valence-corrected chi connectivity index (χ4v) is 3.08. The molecule has 2 aromatic carbocycles. The fourth-order valence-electron chi connectivity index (χ4n) is 3.08. The highest BCUT2D eigenvalue weighted by molar-refractivity contribution is 5.75. The molecule has 5 heteroatoms. The summed E-state index contributed by atoms with van der Waals surface area (Å²) in [7, 11) is 0. The molecule has 1 aliphatic heterocycles. The number of rotatable bonds is 4. The highest BCUT2D eigenvalue weighted by Gasteiger charge is 2.29. The van der Waals surface area contributed by atoms with Crippen LogP contribution in [0.25, 0.3) is 0 Å². The molecular formula is C20H21N3O2. The number of amides is 2. The smallest absolute Gasteiger partial charge is 0.315 e. The number of para-hydroxylation sites is 1. The van der Waals surface area contributed by atoms with Crippen LogP contribution in [0.5, 0.6) is 5.75 Å². The number of nitrogens with zero attached hydrogens (tertiary/aromatic N) is 1. The van der Waals surface area contributed by atoms with Crippen molar-refractivity contribution in [2.75, 3.05) is 6.61 Å². The molecular weight excluding hydrogens is 314 g/mol. The van der Waals surface area contributed by atoms with Crippen molar-refractivity contribution >= 4 is 6.03 Å². The molecule has 0 aromatic heterocycles. The van der Waals surface area contributed by atoms with Gasteiger partial charge in [0.25, 0.3) is 0 Å². The van der Waals surface area contributed by atoms with Crippen LogP contribution in [0.1, 0.15) is 42.5 Å². The maximum Gasteiger partial charge on any atom is 0.315 e. The minimum atomic E-state index is -0.214. The Balaban J connectivity index is 1.58. The molecule has 0 saturated heterocycles. The first-order chi connectivity index (χ1) is 12.1. The van der Waals surface area contributed by atoms with Crippen molar-refractivity contribution in [2.45, 2.75) is 31.8 Å². The Labute approximate surface area is 147 Å². The van der Waals surface area contributed by atoms with Gasteiger partial charge in [0.1, 0.15) is 5.75 Å². The second kappa shape index (κ2) is 7.27. The van der Waals surface area contributed by atoms with Gasteiger partial charge in [-0.3, -0.25) is 0 Å². The Morgan fingerprint density at radius 1 is 1.16 bits per heavy atom. The SMILES string of the molecule is CC(NC(=O)NC(C)C1COc2ccccc21)c1ccc(C#N)cc1. The van der Waals surface area contributed by atoms with Crippen LogP contribution in [0.4, 0.5) is 4.79 Å². The third-order valence-corrected chi connectivity index (χ3v) is 4.59. The Morgan fingerprint density at radius 2 is 1.88 bits per heavy atom. The van der Waals surface area contributed by atoms with Crippen molar-refractivity contribution in [1.29, 1.82) is 5.26 Å². The Morgan fingerprint density at radius 3 is 2.60 bits per heavy atom. The van der Waals surface area contributed by atoms with Crippen LogP contribution in [0, 0.1) is 11.3 Å². The van der Waals surface area contributed by atoms with E-state index in [1.807, 2.05) is 50.2 Å². The molecule has 0 bridgehead atoms. The molecule has 0 saturated carbocycles. The summed E-state index contributed by atoms with van der Waals surface area (Å²) in [6, 6.07) is 16.8. The normalized spacial score (nSPS) is 17.6. The lowest BCUT2D eigenvalue weighted by molar-refractivity contribution is 0.230. The van der Waals surface area contributed by atoms with Crippen LogP contribution in [0.3, 0.4) is 0 Å². The molecule has 2 amide bonds. The quantitative estimate of drug-likeness (QED) is 0.898. The van der Waals surface area contributed by atoms with Gasteiger partial charge in [0.2, 0.25) is 0 Å². The maximum atomic E-state index is 12.3. The molecule has 0 spiro atoms. The van der Waals surface area contributed by atoms with Crippen molar-refractivity contribution in [3.05, 3.63) is 65.2 Å². The zero-order chi connectivity index (χ0) is 17.8. The minimum Gasteiger partial charge on any atom is -0.493 e. The number of fused-ring (bicyclic) bond motifs is 1. The first kappa shape index (κ1) is 16.8. The number of nitriles is 1. The average Bonchev–Trinajstić information content (AvgIpc) is 3.06. The Kier molecular flexibility index (Phi) is 4.90. The van der Waals surface area contributed by atoms with Gasteiger partial charge in [-0.15, -0.1) is 0 Å². The third-order valence-electron chi connectivity index (χ3n) is 4.59. The van der Waals surface area contributed by atoms with Gasteiger partial charge in [-0.1, -0.05) is 30.3 Å². The summed E-state index contributed by atoms with van der Waals surface area (Å²) in [6.07, 6.45) is 0. The van der Waals surface area contributed by atoms with Crippen LogP contribution < -0.4 is 15.4 Å². The van der Waals surface area contributed by atoms with Crippen molar-refractivity contribution in [3.63, 3.8) is 0 Å². The predicted octanol–water partition coefficient (Wildman–Crippen LogP) is 3.48. The Bertz CT molecular complexity index is 795. The summed E-state index contributed by atoms with van der Waals surface area (Å²) in [5, 5.41) is 14.8. The number of hydrogen-bond acceptors (Lipinski definition) is 3. The fraction of sp³-hybridized carbons (Fsp3) is 0.300. The Hall–Kier alpha value is -3.00. The molecule has 3 atom stereocenters.